The number of aryl methyl sites for hydroxylation is 2. The predicted molar refractivity (Wildman–Crippen MR) is 130 cm³/mol. The van der Waals surface area contributed by atoms with Crippen molar-refractivity contribution in [2.75, 3.05) is 72.3 Å². The molecule has 4 rings (SSSR count). The number of hydrogen-bond donors (Lipinski definition) is 1. The van der Waals surface area contributed by atoms with Gasteiger partial charge < -0.3 is 19.7 Å². The van der Waals surface area contributed by atoms with Crippen LogP contribution in [-0.2, 0) is 13.0 Å². The number of imidazole rings is 1. The van der Waals surface area contributed by atoms with Gasteiger partial charge in [-0.05, 0) is 39.7 Å². The number of nitrogens with zero attached hydrogens (tertiary/aromatic N) is 6. The van der Waals surface area contributed by atoms with Crippen molar-refractivity contribution >= 4 is 27.8 Å². The number of likely N-dealkylation sites (N-methyl/N-ethyl adjacent to an activating group) is 2. The Morgan fingerprint density at radius 2 is 1.84 bits per heavy atom. The molecule has 0 radical (unpaired) electrons. The first-order valence-corrected chi connectivity index (χ1v) is 11.5. The summed E-state index contributed by atoms with van der Waals surface area (Å²) in [5.41, 5.74) is 4.51. The minimum atomic E-state index is 0.849. The largest absolute Gasteiger partial charge is 0.367 e. The van der Waals surface area contributed by atoms with Crippen LogP contribution in [0.3, 0.4) is 0 Å². The molecule has 0 unspecified atom stereocenters. The van der Waals surface area contributed by atoms with E-state index in [2.05, 4.69) is 77.8 Å². The molecule has 0 spiro atoms. The van der Waals surface area contributed by atoms with Gasteiger partial charge in [0.05, 0.1) is 11.0 Å². The van der Waals surface area contributed by atoms with Crippen molar-refractivity contribution in [2.24, 2.45) is 0 Å². The van der Waals surface area contributed by atoms with Gasteiger partial charge in [0.2, 0.25) is 0 Å². The summed E-state index contributed by atoms with van der Waals surface area (Å²) in [4.78, 5) is 17.2. The number of hydrogen-bond acceptors (Lipinski definition) is 6. The van der Waals surface area contributed by atoms with Crippen LogP contribution in [0.15, 0.2) is 18.2 Å². The van der Waals surface area contributed by atoms with Gasteiger partial charge in [0.15, 0.2) is 5.82 Å². The van der Waals surface area contributed by atoms with Gasteiger partial charge in [-0.1, -0.05) is 19.1 Å². The maximum atomic E-state index is 5.07. The van der Waals surface area contributed by atoms with Gasteiger partial charge in [-0.25, -0.2) is 9.97 Å². The normalized spacial score (nSPS) is 16.1. The fourth-order valence-electron chi connectivity index (χ4n) is 4.39. The smallest absolute Gasteiger partial charge is 0.154 e. The number of fused-ring (bicyclic) bond motifs is 3. The molecule has 2 aromatic heterocycles. The summed E-state index contributed by atoms with van der Waals surface area (Å²) in [6.45, 7) is 12.8. The molecule has 1 N–H and O–H groups in total. The van der Waals surface area contributed by atoms with Crippen LogP contribution in [0.5, 0.6) is 0 Å². The Labute approximate surface area is 186 Å². The third kappa shape index (κ3) is 4.84. The predicted octanol–water partition coefficient (Wildman–Crippen LogP) is 2.68. The molecule has 31 heavy (non-hydrogen) atoms. The van der Waals surface area contributed by atoms with E-state index in [-0.39, 0.29) is 0 Å². The first kappa shape index (κ1) is 22.0. The molecule has 0 atom stereocenters. The lowest BCUT2D eigenvalue weighted by molar-refractivity contribution is 0.150. The van der Waals surface area contributed by atoms with Crippen LogP contribution in [0.1, 0.15) is 18.3 Å². The van der Waals surface area contributed by atoms with Gasteiger partial charge in [-0.15, -0.1) is 0 Å². The standard InChI is InChI=1S/C24H37N7/c1-6-21-27-22-23(31(21)16-15-30-13-11-29(5)12-14-30)19-8-7-18(2)17-20(19)26-24(22)25-9-10-28(3)4/h7-8,17H,6,9-16H2,1-5H3,(H,25,26). The number of piperazine rings is 1. The maximum absolute atomic E-state index is 5.07. The van der Waals surface area contributed by atoms with Crippen molar-refractivity contribution in [1.29, 1.82) is 0 Å². The summed E-state index contributed by atoms with van der Waals surface area (Å²) in [6, 6.07) is 6.60. The Morgan fingerprint density at radius 3 is 2.55 bits per heavy atom. The fraction of sp³-hybridized carbons (Fsp3) is 0.583. The van der Waals surface area contributed by atoms with Crippen LogP contribution in [0.4, 0.5) is 5.82 Å². The van der Waals surface area contributed by atoms with Crippen molar-refractivity contribution < 1.29 is 0 Å². The third-order valence-corrected chi connectivity index (χ3v) is 6.31. The number of rotatable bonds is 8. The Hall–Kier alpha value is -2.22. The van der Waals surface area contributed by atoms with Crippen molar-refractivity contribution in [1.82, 2.24) is 29.2 Å². The van der Waals surface area contributed by atoms with E-state index in [0.717, 1.165) is 81.5 Å². The van der Waals surface area contributed by atoms with Gasteiger partial charge in [0, 0.05) is 64.2 Å². The molecule has 1 saturated heterocycles. The highest BCUT2D eigenvalue weighted by Crippen LogP contribution is 2.31. The van der Waals surface area contributed by atoms with Crippen LogP contribution in [0.25, 0.3) is 21.9 Å². The van der Waals surface area contributed by atoms with Gasteiger partial charge in [-0.2, -0.15) is 0 Å². The highest BCUT2D eigenvalue weighted by molar-refractivity contribution is 6.07. The van der Waals surface area contributed by atoms with Gasteiger partial charge in [0.1, 0.15) is 11.3 Å². The lowest BCUT2D eigenvalue weighted by Crippen LogP contribution is -2.45. The number of aromatic nitrogens is 3. The summed E-state index contributed by atoms with van der Waals surface area (Å²) >= 11 is 0. The molecule has 1 fully saturated rings. The van der Waals surface area contributed by atoms with Crippen molar-refractivity contribution in [2.45, 2.75) is 26.8 Å². The van der Waals surface area contributed by atoms with E-state index in [1.807, 2.05) is 0 Å². The van der Waals surface area contributed by atoms with Crippen molar-refractivity contribution in [3.05, 3.63) is 29.6 Å². The number of anilines is 1. The second kappa shape index (κ2) is 9.51. The van der Waals surface area contributed by atoms with E-state index < -0.39 is 0 Å². The van der Waals surface area contributed by atoms with Crippen LogP contribution >= 0.6 is 0 Å². The van der Waals surface area contributed by atoms with Crippen molar-refractivity contribution in [3.8, 4) is 0 Å². The summed E-state index contributed by atoms with van der Waals surface area (Å²) in [5.74, 6) is 2.05. The minimum absolute atomic E-state index is 0.849. The van der Waals surface area contributed by atoms with Crippen LogP contribution < -0.4 is 5.32 Å². The summed E-state index contributed by atoms with van der Waals surface area (Å²) in [6.07, 6.45) is 0.919. The Balaban J connectivity index is 1.73. The molecular formula is C24H37N7. The maximum Gasteiger partial charge on any atom is 0.154 e. The van der Waals surface area contributed by atoms with E-state index in [4.69, 9.17) is 9.97 Å². The van der Waals surface area contributed by atoms with Crippen LogP contribution in [0, 0.1) is 6.92 Å². The lowest BCUT2D eigenvalue weighted by Gasteiger charge is -2.32. The minimum Gasteiger partial charge on any atom is -0.367 e. The summed E-state index contributed by atoms with van der Waals surface area (Å²) < 4.78 is 2.45. The Bertz CT molecular complexity index is 1030. The SMILES string of the molecule is CCc1nc2c(NCCN(C)C)nc3cc(C)ccc3c2n1CCN1CCN(C)CC1. The molecule has 0 aliphatic carbocycles. The zero-order chi connectivity index (χ0) is 22.0. The van der Waals surface area contributed by atoms with Crippen LogP contribution in [-0.4, -0.2) is 96.2 Å². The number of nitrogens with one attached hydrogen (secondary N) is 1. The molecule has 168 valence electrons. The summed E-state index contributed by atoms with van der Waals surface area (Å²) in [5, 5.41) is 4.76. The molecule has 7 heteroatoms. The van der Waals surface area contributed by atoms with E-state index in [1.165, 1.54) is 16.5 Å². The number of pyridine rings is 1. The second-order valence-corrected chi connectivity index (χ2v) is 9.09. The molecule has 1 aromatic carbocycles. The monoisotopic (exact) mass is 423 g/mol. The average Bonchev–Trinajstić information content (AvgIpc) is 3.12. The first-order valence-electron chi connectivity index (χ1n) is 11.5. The quantitative estimate of drug-likeness (QED) is 0.601. The van der Waals surface area contributed by atoms with E-state index in [0.29, 0.717) is 0 Å². The van der Waals surface area contributed by atoms with E-state index in [9.17, 15) is 0 Å². The van der Waals surface area contributed by atoms with Crippen LogP contribution in [0.2, 0.25) is 0 Å². The average molecular weight is 424 g/mol. The zero-order valence-corrected chi connectivity index (χ0v) is 19.8. The van der Waals surface area contributed by atoms with Crippen molar-refractivity contribution in [3.63, 3.8) is 0 Å². The first-order chi connectivity index (χ1) is 15.0. The zero-order valence-electron chi connectivity index (χ0n) is 19.8. The molecule has 0 bridgehead atoms. The molecule has 3 aromatic rings. The Kier molecular flexibility index (Phi) is 6.74. The number of benzene rings is 1. The Morgan fingerprint density at radius 1 is 1.06 bits per heavy atom. The second-order valence-electron chi connectivity index (χ2n) is 9.09. The molecule has 0 saturated carbocycles. The summed E-state index contributed by atoms with van der Waals surface area (Å²) in [7, 11) is 6.40. The molecule has 3 heterocycles. The third-order valence-electron chi connectivity index (χ3n) is 6.31. The molecular weight excluding hydrogens is 386 g/mol. The van der Waals surface area contributed by atoms with E-state index in [1.54, 1.807) is 0 Å². The molecule has 1 aliphatic heterocycles. The van der Waals surface area contributed by atoms with E-state index >= 15 is 0 Å². The van der Waals surface area contributed by atoms with Gasteiger partial charge >= 0.3 is 0 Å². The highest BCUT2D eigenvalue weighted by atomic mass is 15.3. The molecule has 1 aliphatic rings. The van der Waals surface area contributed by atoms with Gasteiger partial charge in [-0.3, -0.25) is 4.90 Å². The lowest BCUT2D eigenvalue weighted by atomic mass is 10.1. The fourth-order valence-corrected chi connectivity index (χ4v) is 4.39. The molecule has 0 amide bonds. The van der Waals surface area contributed by atoms with Gasteiger partial charge in [0.25, 0.3) is 0 Å². The highest BCUT2D eigenvalue weighted by Gasteiger charge is 2.19. The molecule has 7 nitrogen and oxygen atoms in total. The topological polar surface area (TPSA) is 52.5 Å².